The molecular formula is C24H30O5. The molecule has 1 heterocycles. The van der Waals surface area contributed by atoms with E-state index in [0.29, 0.717) is 19.8 Å². The Morgan fingerprint density at radius 2 is 1.62 bits per heavy atom. The number of ether oxygens (including phenoxy) is 4. The third kappa shape index (κ3) is 6.39. The SMILES string of the molecule is CCOC(=O)C[C@H]1OC(c2ccccc2)O[C@@H](CCOCc2ccccc2)[C@@H]1C. The van der Waals surface area contributed by atoms with Gasteiger partial charge in [0.25, 0.3) is 0 Å². The Hall–Kier alpha value is -2.21. The van der Waals surface area contributed by atoms with Gasteiger partial charge in [-0.1, -0.05) is 67.6 Å². The maximum absolute atomic E-state index is 12.1. The molecule has 2 aromatic carbocycles. The predicted octanol–water partition coefficient (Wildman–Crippen LogP) is 4.67. The van der Waals surface area contributed by atoms with Gasteiger partial charge in [-0.3, -0.25) is 4.79 Å². The summed E-state index contributed by atoms with van der Waals surface area (Å²) in [7, 11) is 0. The summed E-state index contributed by atoms with van der Waals surface area (Å²) in [6.07, 6.45) is 0.144. The lowest BCUT2D eigenvalue weighted by atomic mass is 9.92. The number of esters is 1. The average Bonchev–Trinajstić information content (AvgIpc) is 2.75. The normalized spacial score (nSPS) is 24.2. The van der Waals surface area contributed by atoms with Crippen molar-refractivity contribution in [3.8, 4) is 0 Å². The van der Waals surface area contributed by atoms with Gasteiger partial charge < -0.3 is 18.9 Å². The molecule has 3 rings (SSSR count). The number of hydrogen-bond acceptors (Lipinski definition) is 5. The monoisotopic (exact) mass is 398 g/mol. The number of benzene rings is 2. The second kappa shape index (κ2) is 11.1. The van der Waals surface area contributed by atoms with Crippen LogP contribution in [0, 0.1) is 5.92 Å². The van der Waals surface area contributed by atoms with Crippen LogP contribution in [0.1, 0.15) is 44.1 Å². The molecule has 0 radical (unpaired) electrons. The third-order valence-electron chi connectivity index (χ3n) is 5.17. The van der Waals surface area contributed by atoms with Crippen LogP contribution in [0.3, 0.4) is 0 Å². The predicted molar refractivity (Wildman–Crippen MR) is 110 cm³/mol. The van der Waals surface area contributed by atoms with Crippen LogP contribution in [0.5, 0.6) is 0 Å². The molecule has 0 aliphatic carbocycles. The van der Waals surface area contributed by atoms with E-state index in [4.69, 9.17) is 18.9 Å². The van der Waals surface area contributed by atoms with Gasteiger partial charge in [0.05, 0.1) is 31.8 Å². The van der Waals surface area contributed by atoms with Crippen molar-refractivity contribution in [2.45, 2.75) is 51.8 Å². The zero-order valence-corrected chi connectivity index (χ0v) is 17.2. The molecule has 29 heavy (non-hydrogen) atoms. The Morgan fingerprint density at radius 1 is 0.966 bits per heavy atom. The Labute approximate surface area is 172 Å². The summed E-state index contributed by atoms with van der Waals surface area (Å²) in [6, 6.07) is 19.9. The van der Waals surface area contributed by atoms with Gasteiger partial charge in [-0.05, 0) is 18.9 Å². The zero-order chi connectivity index (χ0) is 20.5. The minimum Gasteiger partial charge on any atom is -0.466 e. The minimum absolute atomic E-state index is 0.0553. The van der Waals surface area contributed by atoms with E-state index < -0.39 is 6.29 Å². The maximum Gasteiger partial charge on any atom is 0.308 e. The summed E-state index contributed by atoms with van der Waals surface area (Å²) in [5, 5.41) is 0. The highest BCUT2D eigenvalue weighted by atomic mass is 16.7. The summed E-state index contributed by atoms with van der Waals surface area (Å²) in [6.45, 7) is 5.40. The highest BCUT2D eigenvalue weighted by molar-refractivity contribution is 5.70. The summed E-state index contributed by atoms with van der Waals surface area (Å²) < 4.78 is 23.4. The molecule has 2 aromatic rings. The molecule has 1 aliphatic rings. The van der Waals surface area contributed by atoms with Crippen LogP contribution < -0.4 is 0 Å². The lowest BCUT2D eigenvalue weighted by Gasteiger charge is -2.40. The van der Waals surface area contributed by atoms with Crippen molar-refractivity contribution in [3.63, 3.8) is 0 Å². The highest BCUT2D eigenvalue weighted by Gasteiger charge is 2.38. The molecule has 1 aliphatic heterocycles. The van der Waals surface area contributed by atoms with Crippen LogP contribution in [0.2, 0.25) is 0 Å². The van der Waals surface area contributed by atoms with Gasteiger partial charge in [0.15, 0.2) is 6.29 Å². The van der Waals surface area contributed by atoms with E-state index in [9.17, 15) is 4.79 Å². The molecule has 0 amide bonds. The molecule has 0 saturated carbocycles. The Bertz CT molecular complexity index is 733. The smallest absolute Gasteiger partial charge is 0.308 e. The summed E-state index contributed by atoms with van der Waals surface area (Å²) in [4.78, 5) is 12.1. The summed E-state index contributed by atoms with van der Waals surface area (Å²) in [5.74, 6) is -0.183. The number of rotatable bonds is 9. The second-order valence-corrected chi connectivity index (χ2v) is 7.29. The standard InChI is InChI=1S/C24H30O5/c1-3-27-23(25)16-22-18(2)21(14-15-26-17-19-10-6-4-7-11-19)28-24(29-22)20-12-8-5-9-13-20/h4-13,18,21-22,24H,3,14-17H2,1-2H3/t18-,21-,22+,24?/m0/s1. The zero-order valence-electron chi connectivity index (χ0n) is 17.2. The van der Waals surface area contributed by atoms with Gasteiger partial charge in [-0.2, -0.15) is 0 Å². The van der Waals surface area contributed by atoms with Crippen molar-refractivity contribution >= 4 is 5.97 Å². The first-order chi connectivity index (χ1) is 14.2. The third-order valence-corrected chi connectivity index (χ3v) is 5.17. The van der Waals surface area contributed by atoms with Crippen LogP contribution in [-0.4, -0.2) is 31.4 Å². The maximum atomic E-state index is 12.1. The number of carbonyl (C=O) groups is 1. The molecule has 4 atom stereocenters. The van der Waals surface area contributed by atoms with Crippen molar-refractivity contribution in [1.82, 2.24) is 0 Å². The molecule has 1 saturated heterocycles. The van der Waals surface area contributed by atoms with Crippen LogP contribution in [0.25, 0.3) is 0 Å². The largest absolute Gasteiger partial charge is 0.466 e. The second-order valence-electron chi connectivity index (χ2n) is 7.29. The van der Waals surface area contributed by atoms with Crippen LogP contribution in [-0.2, 0) is 30.3 Å². The Balaban J connectivity index is 1.60. The Morgan fingerprint density at radius 3 is 2.31 bits per heavy atom. The average molecular weight is 398 g/mol. The van der Waals surface area contributed by atoms with Crippen LogP contribution in [0.4, 0.5) is 0 Å². The van der Waals surface area contributed by atoms with E-state index >= 15 is 0 Å². The van der Waals surface area contributed by atoms with Crippen molar-refractivity contribution in [2.75, 3.05) is 13.2 Å². The van der Waals surface area contributed by atoms with Crippen molar-refractivity contribution in [2.24, 2.45) is 5.92 Å². The van der Waals surface area contributed by atoms with Gasteiger partial charge in [-0.25, -0.2) is 0 Å². The molecule has 0 N–H and O–H groups in total. The van der Waals surface area contributed by atoms with Gasteiger partial charge in [0, 0.05) is 18.1 Å². The Kier molecular flexibility index (Phi) is 8.23. The fourth-order valence-electron chi connectivity index (χ4n) is 3.52. The van der Waals surface area contributed by atoms with Crippen molar-refractivity contribution in [3.05, 3.63) is 71.8 Å². The first-order valence-electron chi connectivity index (χ1n) is 10.3. The van der Waals surface area contributed by atoms with Crippen molar-refractivity contribution in [1.29, 1.82) is 0 Å². The van der Waals surface area contributed by atoms with Crippen LogP contribution in [0.15, 0.2) is 60.7 Å². The van der Waals surface area contributed by atoms with E-state index in [0.717, 1.165) is 17.5 Å². The van der Waals surface area contributed by atoms with Crippen LogP contribution >= 0.6 is 0 Å². The molecule has 5 nitrogen and oxygen atoms in total. The van der Waals surface area contributed by atoms with E-state index in [-0.39, 0.29) is 30.5 Å². The van der Waals surface area contributed by atoms with E-state index in [2.05, 4.69) is 6.92 Å². The lowest BCUT2D eigenvalue weighted by Crippen LogP contribution is -2.43. The van der Waals surface area contributed by atoms with Gasteiger partial charge in [0.1, 0.15) is 0 Å². The van der Waals surface area contributed by atoms with Crippen molar-refractivity contribution < 1.29 is 23.7 Å². The molecule has 0 aromatic heterocycles. The topological polar surface area (TPSA) is 54.0 Å². The van der Waals surface area contributed by atoms with E-state index in [1.807, 2.05) is 67.6 Å². The molecule has 0 bridgehead atoms. The first kappa shape index (κ1) is 21.5. The summed E-state index contributed by atoms with van der Waals surface area (Å²) >= 11 is 0. The highest BCUT2D eigenvalue weighted by Crippen LogP contribution is 2.36. The minimum atomic E-state index is -0.494. The molecular weight excluding hydrogens is 368 g/mol. The fourth-order valence-corrected chi connectivity index (χ4v) is 3.52. The molecule has 5 heteroatoms. The lowest BCUT2D eigenvalue weighted by molar-refractivity contribution is -0.274. The molecule has 1 fully saturated rings. The number of carbonyl (C=O) groups excluding carboxylic acids is 1. The quantitative estimate of drug-likeness (QED) is 0.454. The van der Waals surface area contributed by atoms with E-state index in [1.54, 1.807) is 0 Å². The molecule has 156 valence electrons. The molecule has 1 unspecified atom stereocenters. The van der Waals surface area contributed by atoms with E-state index in [1.165, 1.54) is 0 Å². The fraction of sp³-hybridized carbons (Fsp3) is 0.458. The van der Waals surface area contributed by atoms with Gasteiger partial charge in [0.2, 0.25) is 0 Å². The van der Waals surface area contributed by atoms with Gasteiger partial charge in [-0.15, -0.1) is 0 Å². The summed E-state index contributed by atoms with van der Waals surface area (Å²) in [5.41, 5.74) is 2.10. The molecule has 0 spiro atoms. The van der Waals surface area contributed by atoms with Gasteiger partial charge >= 0.3 is 5.97 Å². The first-order valence-corrected chi connectivity index (χ1v) is 10.3. The number of hydrogen-bond donors (Lipinski definition) is 0.